The Morgan fingerprint density at radius 3 is 2.23 bits per heavy atom. The van der Waals surface area contributed by atoms with E-state index in [1.54, 1.807) is 0 Å². The number of fused-ring (bicyclic) bond motifs is 9. The number of aromatic nitrogens is 2. The van der Waals surface area contributed by atoms with Crippen LogP contribution in [0.4, 0.5) is 0 Å². The minimum Gasteiger partial charge on any atom is -0.228 e. The van der Waals surface area contributed by atoms with E-state index < -0.39 is 0 Å². The Kier molecular flexibility index (Phi) is 5.11. The van der Waals surface area contributed by atoms with Gasteiger partial charge in [-0.1, -0.05) is 117 Å². The highest BCUT2D eigenvalue weighted by Crippen LogP contribution is 2.54. The van der Waals surface area contributed by atoms with Gasteiger partial charge in [-0.15, -0.1) is 0 Å². The average Bonchev–Trinajstić information content (AvgIpc) is 3.29. The standard InChI is InChI=1S/C41H30N2/c1-41(2)34-13-7-5-11-32(34)38-35(41)22-20-26-16-17-28-24-30(19-21-31(28)37(26)38)40-42-36-14-8-6-12-33(36)39(43-40)29-18-15-25-9-3-4-10-27(25)23-29/h3-15,18-24H,16-17H2,1-2H3. The summed E-state index contributed by atoms with van der Waals surface area (Å²) in [4.78, 5) is 10.3. The van der Waals surface area contributed by atoms with E-state index in [1.807, 2.05) is 0 Å². The van der Waals surface area contributed by atoms with Crippen LogP contribution < -0.4 is 0 Å². The molecule has 0 atom stereocenters. The quantitative estimate of drug-likeness (QED) is 0.214. The number of benzene rings is 6. The smallest absolute Gasteiger partial charge is 0.160 e. The molecule has 0 saturated heterocycles. The maximum Gasteiger partial charge on any atom is 0.160 e. The number of aryl methyl sites for hydroxylation is 2. The van der Waals surface area contributed by atoms with Gasteiger partial charge in [0.25, 0.3) is 0 Å². The molecule has 1 heterocycles. The molecule has 0 spiro atoms. The van der Waals surface area contributed by atoms with Gasteiger partial charge in [0.15, 0.2) is 5.82 Å². The summed E-state index contributed by atoms with van der Waals surface area (Å²) < 4.78 is 0. The van der Waals surface area contributed by atoms with Crippen molar-refractivity contribution in [3.8, 4) is 44.9 Å². The van der Waals surface area contributed by atoms with Gasteiger partial charge >= 0.3 is 0 Å². The maximum absolute atomic E-state index is 5.24. The van der Waals surface area contributed by atoms with Crippen molar-refractivity contribution in [2.45, 2.75) is 32.1 Å². The second-order valence-electron chi connectivity index (χ2n) is 12.5. The van der Waals surface area contributed by atoms with Crippen LogP contribution in [0.5, 0.6) is 0 Å². The maximum atomic E-state index is 5.24. The third-order valence-corrected chi connectivity index (χ3v) is 9.76. The molecule has 0 radical (unpaired) electrons. The number of rotatable bonds is 2. The van der Waals surface area contributed by atoms with Crippen molar-refractivity contribution in [3.05, 3.63) is 144 Å². The summed E-state index contributed by atoms with van der Waals surface area (Å²) in [5, 5.41) is 3.52. The van der Waals surface area contributed by atoms with E-state index in [-0.39, 0.29) is 5.41 Å². The minimum atomic E-state index is -0.00337. The molecular formula is C41H30N2. The zero-order valence-corrected chi connectivity index (χ0v) is 24.4. The molecule has 1 aromatic heterocycles. The Morgan fingerprint density at radius 2 is 1.30 bits per heavy atom. The average molecular weight is 551 g/mol. The van der Waals surface area contributed by atoms with Crippen LogP contribution in [-0.2, 0) is 18.3 Å². The molecule has 0 saturated carbocycles. The van der Waals surface area contributed by atoms with Crippen molar-refractivity contribution < 1.29 is 0 Å². The van der Waals surface area contributed by atoms with Crippen molar-refractivity contribution in [2.75, 3.05) is 0 Å². The normalized spacial score (nSPS) is 14.3. The molecule has 43 heavy (non-hydrogen) atoms. The van der Waals surface area contributed by atoms with Gasteiger partial charge in [0.05, 0.1) is 11.2 Å². The molecule has 7 aromatic rings. The topological polar surface area (TPSA) is 25.8 Å². The van der Waals surface area contributed by atoms with E-state index in [2.05, 4.69) is 135 Å². The molecule has 0 N–H and O–H groups in total. The second kappa shape index (κ2) is 8.96. The summed E-state index contributed by atoms with van der Waals surface area (Å²) in [5.74, 6) is 0.778. The lowest BCUT2D eigenvalue weighted by molar-refractivity contribution is 0.660. The number of para-hydroxylation sites is 1. The fourth-order valence-corrected chi connectivity index (χ4v) is 7.57. The van der Waals surface area contributed by atoms with Crippen molar-refractivity contribution >= 4 is 21.7 Å². The number of hydrogen-bond donors (Lipinski definition) is 0. The first-order valence-electron chi connectivity index (χ1n) is 15.2. The van der Waals surface area contributed by atoms with Crippen LogP contribution in [0, 0.1) is 0 Å². The van der Waals surface area contributed by atoms with Crippen LogP contribution in [0.2, 0.25) is 0 Å². The van der Waals surface area contributed by atoms with Crippen molar-refractivity contribution in [3.63, 3.8) is 0 Å². The molecule has 2 nitrogen and oxygen atoms in total. The van der Waals surface area contributed by atoms with Crippen LogP contribution >= 0.6 is 0 Å². The summed E-state index contributed by atoms with van der Waals surface area (Å²) in [5.41, 5.74) is 15.4. The second-order valence-corrected chi connectivity index (χ2v) is 12.5. The highest BCUT2D eigenvalue weighted by molar-refractivity contribution is 5.98. The van der Waals surface area contributed by atoms with Crippen LogP contribution in [-0.4, -0.2) is 9.97 Å². The monoisotopic (exact) mass is 550 g/mol. The molecular weight excluding hydrogens is 520 g/mol. The molecule has 2 aliphatic carbocycles. The van der Waals surface area contributed by atoms with Gasteiger partial charge in [-0.3, -0.25) is 0 Å². The summed E-state index contributed by atoms with van der Waals surface area (Å²) in [6.07, 6.45) is 2.06. The van der Waals surface area contributed by atoms with E-state index in [9.17, 15) is 0 Å². The molecule has 0 unspecified atom stereocenters. The summed E-state index contributed by atoms with van der Waals surface area (Å²) >= 11 is 0. The SMILES string of the molecule is CC1(C)c2ccccc2-c2c1ccc1c2-c2ccc(-c3nc(-c4ccc5ccccc5c4)c4ccccc4n3)cc2CC1. The van der Waals surface area contributed by atoms with Crippen molar-refractivity contribution in [2.24, 2.45) is 0 Å². The minimum absolute atomic E-state index is 0.00337. The van der Waals surface area contributed by atoms with Gasteiger partial charge in [-0.25, -0.2) is 9.97 Å². The third kappa shape index (κ3) is 3.59. The first kappa shape index (κ1) is 24.5. The molecule has 0 fully saturated rings. The van der Waals surface area contributed by atoms with Crippen LogP contribution in [0.1, 0.15) is 36.1 Å². The predicted molar refractivity (Wildman–Crippen MR) is 178 cm³/mol. The Labute approximate surface area is 251 Å². The van der Waals surface area contributed by atoms with E-state index in [4.69, 9.17) is 9.97 Å². The number of nitrogens with zero attached hydrogens (tertiary/aromatic N) is 2. The highest BCUT2D eigenvalue weighted by atomic mass is 14.9. The summed E-state index contributed by atoms with van der Waals surface area (Å²) in [7, 11) is 0. The zero-order valence-electron chi connectivity index (χ0n) is 24.4. The molecule has 0 aliphatic heterocycles. The van der Waals surface area contributed by atoms with Gasteiger partial charge in [-0.05, 0) is 86.3 Å². The molecule has 0 bridgehead atoms. The van der Waals surface area contributed by atoms with Crippen LogP contribution in [0.15, 0.2) is 121 Å². The lowest BCUT2D eigenvalue weighted by Crippen LogP contribution is -2.15. The first-order valence-corrected chi connectivity index (χ1v) is 15.2. The van der Waals surface area contributed by atoms with Gasteiger partial charge in [0.1, 0.15) is 0 Å². The Balaban J connectivity index is 1.21. The summed E-state index contributed by atoms with van der Waals surface area (Å²) in [6.45, 7) is 4.72. The lowest BCUT2D eigenvalue weighted by Gasteiger charge is -2.26. The molecule has 6 aromatic carbocycles. The Morgan fingerprint density at radius 1 is 0.535 bits per heavy atom. The molecule has 9 rings (SSSR count). The van der Waals surface area contributed by atoms with Gasteiger partial charge in [0.2, 0.25) is 0 Å². The molecule has 204 valence electrons. The molecule has 0 amide bonds. The van der Waals surface area contributed by atoms with E-state index in [0.29, 0.717) is 0 Å². The fraction of sp³-hybridized carbons (Fsp3) is 0.122. The van der Waals surface area contributed by atoms with E-state index in [1.165, 1.54) is 55.3 Å². The Hall–Kier alpha value is -5.08. The van der Waals surface area contributed by atoms with Gasteiger partial charge in [0, 0.05) is 21.9 Å². The van der Waals surface area contributed by atoms with E-state index >= 15 is 0 Å². The van der Waals surface area contributed by atoms with Gasteiger partial charge < -0.3 is 0 Å². The molecule has 2 aliphatic rings. The van der Waals surface area contributed by atoms with E-state index in [0.717, 1.165) is 46.4 Å². The van der Waals surface area contributed by atoms with Crippen LogP contribution in [0.25, 0.3) is 66.6 Å². The molecule has 2 heteroatoms. The summed E-state index contributed by atoms with van der Waals surface area (Å²) in [6, 6.07) is 44.1. The number of hydrogen-bond acceptors (Lipinski definition) is 2. The Bertz CT molecular complexity index is 2270. The third-order valence-electron chi connectivity index (χ3n) is 9.76. The fourth-order valence-electron chi connectivity index (χ4n) is 7.57. The first-order chi connectivity index (χ1) is 21.1. The van der Waals surface area contributed by atoms with Crippen molar-refractivity contribution in [1.82, 2.24) is 9.97 Å². The van der Waals surface area contributed by atoms with Crippen LogP contribution in [0.3, 0.4) is 0 Å². The lowest BCUT2D eigenvalue weighted by atomic mass is 9.78. The van der Waals surface area contributed by atoms with Gasteiger partial charge in [-0.2, -0.15) is 0 Å². The largest absolute Gasteiger partial charge is 0.228 e. The van der Waals surface area contributed by atoms with Crippen molar-refractivity contribution in [1.29, 1.82) is 0 Å². The zero-order chi connectivity index (χ0) is 28.7. The highest BCUT2D eigenvalue weighted by Gasteiger charge is 2.38. The predicted octanol–water partition coefficient (Wildman–Crippen LogP) is 10.2.